The van der Waals surface area contributed by atoms with Gasteiger partial charge in [0, 0.05) is 17.3 Å². The van der Waals surface area contributed by atoms with Crippen LogP contribution in [0.15, 0.2) is 42.5 Å². The Morgan fingerprint density at radius 2 is 1.82 bits per heavy atom. The molecule has 22 heavy (non-hydrogen) atoms. The summed E-state index contributed by atoms with van der Waals surface area (Å²) < 4.78 is 10.9. The van der Waals surface area contributed by atoms with Crippen LogP contribution in [-0.4, -0.2) is 29.4 Å². The first-order valence-electron chi connectivity index (χ1n) is 6.81. The maximum Gasteiger partial charge on any atom is 0.336 e. The van der Waals surface area contributed by atoms with Gasteiger partial charge in [0.1, 0.15) is 13.2 Å². The Morgan fingerprint density at radius 3 is 2.59 bits per heavy atom. The normalized spacial score (nSPS) is 14.2. The van der Waals surface area contributed by atoms with Crippen molar-refractivity contribution >= 4 is 11.7 Å². The van der Waals surface area contributed by atoms with Gasteiger partial charge in [-0.15, -0.1) is 0 Å². The van der Waals surface area contributed by atoms with Crippen LogP contribution in [0.5, 0.6) is 11.5 Å². The molecule has 1 unspecified atom stereocenters. The minimum atomic E-state index is -1.14. The highest BCUT2D eigenvalue weighted by atomic mass is 16.6. The summed E-state index contributed by atoms with van der Waals surface area (Å²) in [5, 5.41) is 22.3. The summed E-state index contributed by atoms with van der Waals surface area (Å²) in [5.74, 6) is 0.158. The fraction of sp³-hybridized carbons (Fsp3) is 0.188. The third kappa shape index (κ3) is 2.82. The van der Waals surface area contributed by atoms with Crippen LogP contribution in [-0.2, 0) is 0 Å². The highest BCUT2D eigenvalue weighted by molar-refractivity contribution is 5.89. The predicted molar refractivity (Wildman–Crippen MR) is 79.4 cm³/mol. The maximum atomic E-state index is 11.2. The minimum Gasteiger partial charge on any atom is -0.486 e. The molecule has 6 heteroatoms. The van der Waals surface area contributed by atoms with Crippen molar-refractivity contribution in [3.8, 4) is 11.5 Å². The van der Waals surface area contributed by atoms with Crippen molar-refractivity contribution in [1.29, 1.82) is 0 Å². The Morgan fingerprint density at radius 1 is 1.09 bits per heavy atom. The Hall–Kier alpha value is -2.73. The van der Waals surface area contributed by atoms with E-state index in [0.717, 1.165) is 0 Å². The molecule has 1 aliphatic heterocycles. The van der Waals surface area contributed by atoms with Crippen LogP contribution in [0.4, 0.5) is 5.69 Å². The van der Waals surface area contributed by atoms with Crippen molar-refractivity contribution in [3.63, 3.8) is 0 Å². The van der Waals surface area contributed by atoms with Gasteiger partial charge in [0.05, 0.1) is 5.56 Å². The van der Waals surface area contributed by atoms with E-state index >= 15 is 0 Å². The number of ether oxygens (including phenoxy) is 2. The van der Waals surface area contributed by atoms with Gasteiger partial charge in [0.25, 0.3) is 0 Å². The molecule has 0 spiro atoms. The van der Waals surface area contributed by atoms with Crippen molar-refractivity contribution in [2.45, 2.75) is 6.23 Å². The van der Waals surface area contributed by atoms with Crippen LogP contribution in [0, 0.1) is 0 Å². The standard InChI is InChI=1S/C16H15NO5/c18-15(11-3-1-2-4-12(11)16(19)20)17-10-5-6-13-14(9-10)22-8-7-21-13/h1-6,9,15,17-18H,7-8H2,(H,19,20). The number of anilines is 1. The third-order valence-corrected chi connectivity index (χ3v) is 3.33. The zero-order valence-corrected chi connectivity index (χ0v) is 11.7. The van der Waals surface area contributed by atoms with Crippen LogP contribution in [0.3, 0.4) is 0 Å². The van der Waals surface area contributed by atoms with E-state index in [2.05, 4.69) is 5.32 Å². The number of fused-ring (bicyclic) bond motifs is 1. The highest BCUT2D eigenvalue weighted by Crippen LogP contribution is 2.33. The number of benzene rings is 2. The first kappa shape index (κ1) is 14.2. The molecule has 114 valence electrons. The molecule has 1 atom stereocenters. The summed E-state index contributed by atoms with van der Waals surface area (Å²) in [6.45, 7) is 0.981. The lowest BCUT2D eigenvalue weighted by Crippen LogP contribution is -2.17. The van der Waals surface area contributed by atoms with Gasteiger partial charge < -0.3 is 25.0 Å². The van der Waals surface area contributed by atoms with Gasteiger partial charge in [-0.3, -0.25) is 0 Å². The Balaban J connectivity index is 1.83. The fourth-order valence-electron chi connectivity index (χ4n) is 2.30. The third-order valence-electron chi connectivity index (χ3n) is 3.33. The number of carbonyl (C=O) groups is 1. The second kappa shape index (κ2) is 5.95. The fourth-order valence-corrected chi connectivity index (χ4v) is 2.30. The van der Waals surface area contributed by atoms with E-state index in [1.165, 1.54) is 6.07 Å². The molecule has 6 nitrogen and oxygen atoms in total. The van der Waals surface area contributed by atoms with Gasteiger partial charge in [-0.05, 0) is 18.2 Å². The highest BCUT2D eigenvalue weighted by Gasteiger charge is 2.17. The lowest BCUT2D eigenvalue weighted by Gasteiger charge is -2.21. The summed E-state index contributed by atoms with van der Waals surface area (Å²) >= 11 is 0. The van der Waals surface area contributed by atoms with E-state index in [1.807, 2.05) is 0 Å². The Labute approximate surface area is 126 Å². The lowest BCUT2D eigenvalue weighted by molar-refractivity contribution is 0.0690. The summed E-state index contributed by atoms with van der Waals surface area (Å²) in [5.41, 5.74) is 0.960. The first-order chi connectivity index (χ1) is 10.6. The molecule has 0 radical (unpaired) electrons. The van der Waals surface area contributed by atoms with Crippen LogP contribution in [0.25, 0.3) is 0 Å². The van der Waals surface area contributed by atoms with Gasteiger partial charge in [-0.1, -0.05) is 18.2 Å². The summed E-state index contributed by atoms with van der Waals surface area (Å²) in [6.07, 6.45) is -1.14. The topological polar surface area (TPSA) is 88.0 Å². The second-order valence-electron chi connectivity index (χ2n) is 4.80. The molecule has 0 aliphatic carbocycles. The molecule has 2 aromatic rings. The average molecular weight is 301 g/mol. The number of hydrogen-bond acceptors (Lipinski definition) is 5. The molecule has 1 aliphatic rings. The van der Waals surface area contributed by atoms with Crippen LogP contribution < -0.4 is 14.8 Å². The molecule has 3 rings (SSSR count). The largest absolute Gasteiger partial charge is 0.486 e. The number of rotatable bonds is 4. The maximum absolute atomic E-state index is 11.2. The molecule has 0 saturated heterocycles. The number of hydrogen-bond donors (Lipinski definition) is 3. The van der Waals surface area contributed by atoms with E-state index in [4.69, 9.17) is 14.6 Å². The minimum absolute atomic E-state index is 0.0556. The van der Waals surface area contributed by atoms with Crippen LogP contribution in [0.2, 0.25) is 0 Å². The van der Waals surface area contributed by atoms with E-state index in [0.29, 0.717) is 36.0 Å². The number of carboxylic acids is 1. The van der Waals surface area contributed by atoms with Gasteiger partial charge in [-0.25, -0.2) is 4.79 Å². The van der Waals surface area contributed by atoms with Crippen molar-refractivity contribution < 1.29 is 24.5 Å². The van der Waals surface area contributed by atoms with E-state index < -0.39 is 12.2 Å². The Kier molecular flexibility index (Phi) is 3.84. The smallest absolute Gasteiger partial charge is 0.336 e. The quantitative estimate of drug-likeness (QED) is 0.751. The molecule has 2 aromatic carbocycles. The molecule has 0 bridgehead atoms. The van der Waals surface area contributed by atoms with E-state index in [9.17, 15) is 9.90 Å². The number of aliphatic hydroxyl groups excluding tert-OH is 1. The zero-order chi connectivity index (χ0) is 15.5. The van der Waals surface area contributed by atoms with Crippen molar-refractivity contribution in [3.05, 3.63) is 53.6 Å². The van der Waals surface area contributed by atoms with Crippen molar-refractivity contribution in [1.82, 2.24) is 0 Å². The molecular formula is C16H15NO5. The van der Waals surface area contributed by atoms with Gasteiger partial charge in [0.2, 0.25) is 0 Å². The summed E-state index contributed by atoms with van der Waals surface area (Å²) in [4.78, 5) is 11.2. The zero-order valence-electron chi connectivity index (χ0n) is 11.7. The molecular weight excluding hydrogens is 286 g/mol. The molecule has 3 N–H and O–H groups in total. The molecule has 0 amide bonds. The monoisotopic (exact) mass is 301 g/mol. The van der Waals surface area contributed by atoms with Crippen LogP contribution in [0.1, 0.15) is 22.1 Å². The average Bonchev–Trinajstić information content (AvgIpc) is 2.54. The van der Waals surface area contributed by atoms with Crippen molar-refractivity contribution in [2.24, 2.45) is 0 Å². The van der Waals surface area contributed by atoms with E-state index in [-0.39, 0.29) is 5.56 Å². The van der Waals surface area contributed by atoms with Gasteiger partial charge >= 0.3 is 5.97 Å². The SMILES string of the molecule is O=C(O)c1ccccc1C(O)Nc1ccc2c(c1)OCCO2. The number of aromatic carboxylic acids is 1. The van der Waals surface area contributed by atoms with Crippen LogP contribution >= 0.6 is 0 Å². The lowest BCUT2D eigenvalue weighted by atomic mass is 10.1. The summed E-state index contributed by atoms with van der Waals surface area (Å²) in [7, 11) is 0. The van der Waals surface area contributed by atoms with Crippen molar-refractivity contribution in [2.75, 3.05) is 18.5 Å². The number of nitrogens with one attached hydrogen (secondary N) is 1. The number of carboxylic acid groups (broad SMARTS) is 1. The van der Waals surface area contributed by atoms with Gasteiger partial charge in [0.15, 0.2) is 17.7 Å². The molecule has 1 heterocycles. The Bertz CT molecular complexity index is 701. The summed E-state index contributed by atoms with van der Waals surface area (Å²) in [6, 6.07) is 11.5. The second-order valence-corrected chi connectivity index (χ2v) is 4.80. The molecule has 0 aromatic heterocycles. The predicted octanol–water partition coefficient (Wildman–Crippen LogP) is 2.26. The molecule has 0 fully saturated rings. The first-order valence-corrected chi connectivity index (χ1v) is 6.81. The number of aliphatic hydroxyl groups is 1. The van der Waals surface area contributed by atoms with E-state index in [1.54, 1.807) is 36.4 Å². The van der Waals surface area contributed by atoms with Gasteiger partial charge in [-0.2, -0.15) is 0 Å². The molecule has 0 saturated carbocycles.